The topological polar surface area (TPSA) is 50.4 Å². The maximum Gasteiger partial charge on any atom is 0.407 e. The Hall–Kier alpha value is -1.21. The van der Waals surface area contributed by atoms with E-state index in [1.807, 2.05) is 20.8 Å². The molecule has 0 aliphatic rings. The summed E-state index contributed by atoms with van der Waals surface area (Å²) in [5.41, 5.74) is -0.466. The number of carbonyl (C=O) groups is 1. The predicted molar refractivity (Wildman–Crippen MR) is 83.5 cm³/mol. The number of terminal acetylenes is 1. The van der Waals surface area contributed by atoms with Gasteiger partial charge in [0.1, 0.15) is 5.60 Å². The Morgan fingerprint density at radius 3 is 2.30 bits per heavy atom. The average Bonchev–Trinajstić information content (AvgIpc) is 2.31. The van der Waals surface area contributed by atoms with Gasteiger partial charge in [0.25, 0.3) is 0 Å². The van der Waals surface area contributed by atoms with Crippen LogP contribution in [0.5, 0.6) is 0 Å². The molecule has 0 aliphatic carbocycles. The number of ether oxygens (including phenoxy) is 1. The van der Waals surface area contributed by atoms with Gasteiger partial charge < -0.3 is 15.4 Å². The van der Waals surface area contributed by atoms with Crippen LogP contribution in [-0.2, 0) is 4.74 Å². The molecule has 0 aromatic carbocycles. The third kappa shape index (κ3) is 8.82. The van der Waals surface area contributed by atoms with Crippen molar-refractivity contribution in [1.29, 1.82) is 0 Å². The molecule has 2 N–H and O–H groups in total. The smallest absolute Gasteiger partial charge is 0.407 e. The minimum Gasteiger partial charge on any atom is -0.444 e. The van der Waals surface area contributed by atoms with Gasteiger partial charge in [0.2, 0.25) is 0 Å². The van der Waals surface area contributed by atoms with Crippen LogP contribution in [0.25, 0.3) is 0 Å². The highest BCUT2D eigenvalue weighted by atomic mass is 16.6. The number of nitrogens with one attached hydrogen (secondary N) is 2. The monoisotopic (exact) mass is 282 g/mol. The summed E-state index contributed by atoms with van der Waals surface area (Å²) < 4.78 is 5.23. The number of carbonyl (C=O) groups excluding carboxylic acids is 1. The quantitative estimate of drug-likeness (QED) is 0.706. The molecule has 0 heterocycles. The van der Waals surface area contributed by atoms with Gasteiger partial charge in [-0.05, 0) is 39.0 Å². The molecule has 0 saturated heterocycles. The van der Waals surface area contributed by atoms with Gasteiger partial charge in [-0.15, -0.1) is 6.42 Å². The first-order valence-electron chi connectivity index (χ1n) is 7.36. The number of hydrogen-bond donors (Lipinski definition) is 2. The molecule has 0 spiro atoms. The fourth-order valence-electron chi connectivity index (χ4n) is 1.69. The molecular formula is C16H30N2O2. The van der Waals surface area contributed by atoms with Crippen molar-refractivity contribution in [2.75, 3.05) is 13.1 Å². The molecule has 0 rings (SSSR count). The van der Waals surface area contributed by atoms with Gasteiger partial charge in [0, 0.05) is 13.1 Å². The van der Waals surface area contributed by atoms with Crippen LogP contribution < -0.4 is 10.6 Å². The van der Waals surface area contributed by atoms with Crippen molar-refractivity contribution in [3.05, 3.63) is 0 Å². The lowest BCUT2D eigenvalue weighted by molar-refractivity contribution is 0.0514. The normalized spacial score (nSPS) is 14.5. The first-order chi connectivity index (χ1) is 9.19. The first kappa shape index (κ1) is 18.8. The van der Waals surface area contributed by atoms with Crippen LogP contribution in [0.4, 0.5) is 4.79 Å². The van der Waals surface area contributed by atoms with Crippen LogP contribution in [0.2, 0.25) is 0 Å². The summed E-state index contributed by atoms with van der Waals surface area (Å²) in [6, 6.07) is 0.0952. The molecule has 0 aromatic rings. The number of alkyl carbamates (subject to hydrolysis) is 1. The van der Waals surface area contributed by atoms with Gasteiger partial charge in [0.15, 0.2) is 0 Å². The van der Waals surface area contributed by atoms with Crippen LogP contribution in [0.15, 0.2) is 0 Å². The lowest BCUT2D eigenvalue weighted by Crippen LogP contribution is -2.41. The van der Waals surface area contributed by atoms with Gasteiger partial charge in [-0.3, -0.25) is 0 Å². The zero-order valence-corrected chi connectivity index (χ0v) is 13.7. The van der Waals surface area contributed by atoms with E-state index in [4.69, 9.17) is 11.2 Å². The zero-order valence-electron chi connectivity index (χ0n) is 13.7. The summed E-state index contributed by atoms with van der Waals surface area (Å²) in [5, 5.41) is 6.17. The molecule has 0 bridgehead atoms. The lowest BCUT2D eigenvalue weighted by atomic mass is 9.95. The van der Waals surface area contributed by atoms with Gasteiger partial charge >= 0.3 is 6.09 Å². The third-order valence-electron chi connectivity index (χ3n) is 3.09. The fourth-order valence-corrected chi connectivity index (χ4v) is 1.69. The molecule has 0 fully saturated rings. The van der Waals surface area contributed by atoms with Crippen molar-refractivity contribution in [2.24, 2.45) is 11.8 Å². The first-order valence-corrected chi connectivity index (χ1v) is 7.36. The minimum atomic E-state index is -0.466. The van der Waals surface area contributed by atoms with Gasteiger partial charge in [-0.2, -0.15) is 0 Å². The second-order valence-electron chi connectivity index (χ2n) is 6.42. The minimum absolute atomic E-state index is 0.0952. The molecule has 4 nitrogen and oxygen atoms in total. The van der Waals surface area contributed by atoms with Crippen LogP contribution >= 0.6 is 0 Å². The summed E-state index contributed by atoms with van der Waals surface area (Å²) in [6.07, 6.45) is 5.97. The van der Waals surface area contributed by atoms with Crippen LogP contribution in [0.3, 0.4) is 0 Å². The maximum absolute atomic E-state index is 11.7. The summed E-state index contributed by atoms with van der Waals surface area (Å²) >= 11 is 0. The molecule has 1 amide bonds. The maximum atomic E-state index is 11.7. The van der Waals surface area contributed by atoms with Crippen molar-refractivity contribution in [3.63, 3.8) is 0 Å². The fraction of sp³-hybridized carbons (Fsp3) is 0.812. The number of amides is 1. The van der Waals surface area contributed by atoms with E-state index in [9.17, 15) is 4.79 Å². The van der Waals surface area contributed by atoms with E-state index < -0.39 is 5.60 Å². The second-order valence-corrected chi connectivity index (χ2v) is 6.42. The Morgan fingerprint density at radius 1 is 1.30 bits per heavy atom. The van der Waals surface area contributed by atoms with Crippen molar-refractivity contribution >= 4 is 6.09 Å². The number of rotatable bonds is 7. The zero-order chi connectivity index (χ0) is 15.8. The summed E-state index contributed by atoms with van der Waals surface area (Å²) in [5.74, 6) is 3.49. The number of hydrogen-bond acceptors (Lipinski definition) is 3. The van der Waals surface area contributed by atoms with E-state index in [1.165, 1.54) is 0 Å². The molecule has 20 heavy (non-hydrogen) atoms. The largest absolute Gasteiger partial charge is 0.444 e. The van der Waals surface area contributed by atoms with Crippen molar-refractivity contribution < 1.29 is 9.53 Å². The Labute approximate surface area is 124 Å². The molecule has 2 atom stereocenters. The predicted octanol–water partition coefficient (Wildman–Crippen LogP) is 2.78. The highest BCUT2D eigenvalue weighted by molar-refractivity contribution is 5.67. The van der Waals surface area contributed by atoms with Gasteiger partial charge in [0.05, 0.1) is 6.04 Å². The van der Waals surface area contributed by atoms with E-state index >= 15 is 0 Å². The van der Waals surface area contributed by atoms with Crippen LogP contribution in [0, 0.1) is 24.2 Å². The third-order valence-corrected chi connectivity index (χ3v) is 3.09. The summed E-state index contributed by atoms with van der Waals surface area (Å²) in [7, 11) is 0. The van der Waals surface area contributed by atoms with Gasteiger partial charge in [-0.1, -0.05) is 26.7 Å². The second kappa shape index (κ2) is 8.86. The molecule has 116 valence electrons. The van der Waals surface area contributed by atoms with E-state index in [1.54, 1.807) is 0 Å². The standard InChI is InChI=1S/C16H30N2O2/c1-8-14(9-2)17-10-13(12(3)4)11-18-15(19)20-16(5,6)7/h1,12-14,17H,9-11H2,2-7H3,(H,18,19). The Bertz CT molecular complexity index is 326. The molecule has 0 radical (unpaired) electrons. The highest BCUT2D eigenvalue weighted by Gasteiger charge is 2.19. The summed E-state index contributed by atoms with van der Waals surface area (Å²) in [4.78, 5) is 11.7. The van der Waals surface area contributed by atoms with Gasteiger partial charge in [-0.25, -0.2) is 4.79 Å². The van der Waals surface area contributed by atoms with Crippen molar-refractivity contribution in [2.45, 2.75) is 59.6 Å². The summed E-state index contributed by atoms with van der Waals surface area (Å²) in [6.45, 7) is 13.3. The van der Waals surface area contributed by atoms with E-state index in [0.29, 0.717) is 18.4 Å². The highest BCUT2D eigenvalue weighted by Crippen LogP contribution is 2.10. The molecular weight excluding hydrogens is 252 g/mol. The van der Waals surface area contributed by atoms with E-state index in [-0.39, 0.29) is 12.1 Å². The van der Waals surface area contributed by atoms with E-state index in [0.717, 1.165) is 13.0 Å². The molecule has 0 saturated carbocycles. The Balaban J connectivity index is 4.22. The molecule has 2 unspecified atom stereocenters. The lowest BCUT2D eigenvalue weighted by Gasteiger charge is -2.25. The Kier molecular flexibility index (Phi) is 8.33. The van der Waals surface area contributed by atoms with Crippen LogP contribution in [-0.4, -0.2) is 30.8 Å². The average molecular weight is 282 g/mol. The van der Waals surface area contributed by atoms with Crippen LogP contribution in [0.1, 0.15) is 48.0 Å². The van der Waals surface area contributed by atoms with Crippen molar-refractivity contribution in [1.82, 2.24) is 10.6 Å². The van der Waals surface area contributed by atoms with Crippen molar-refractivity contribution in [3.8, 4) is 12.3 Å². The SMILES string of the molecule is C#CC(CC)NCC(CNC(=O)OC(C)(C)C)C(C)C. The Morgan fingerprint density at radius 2 is 1.90 bits per heavy atom. The molecule has 0 aromatic heterocycles. The van der Waals surface area contributed by atoms with E-state index in [2.05, 4.69) is 37.3 Å². The molecule has 0 aliphatic heterocycles. The molecule has 4 heteroatoms.